The fourth-order valence-corrected chi connectivity index (χ4v) is 3.57. The Balaban J connectivity index is 1.66. The molecule has 3 rings (SSSR count). The van der Waals surface area contributed by atoms with Crippen LogP contribution >= 0.6 is 0 Å². The van der Waals surface area contributed by atoms with Crippen molar-refractivity contribution in [2.24, 2.45) is 0 Å². The van der Waals surface area contributed by atoms with Crippen molar-refractivity contribution < 1.29 is 5.11 Å². The van der Waals surface area contributed by atoms with Gasteiger partial charge >= 0.3 is 0 Å². The smallest absolute Gasteiger partial charge is 0.0644 e. The molecule has 0 spiro atoms. The summed E-state index contributed by atoms with van der Waals surface area (Å²) in [7, 11) is 0. The molecule has 4 heteroatoms. The summed E-state index contributed by atoms with van der Waals surface area (Å²) in [5.74, 6) is 0. The fourth-order valence-electron chi connectivity index (χ4n) is 3.57. The predicted octanol–water partition coefficient (Wildman–Crippen LogP) is 3.34. The summed E-state index contributed by atoms with van der Waals surface area (Å²) in [4.78, 5) is 2.48. The predicted molar refractivity (Wildman–Crippen MR) is 102 cm³/mol. The third kappa shape index (κ3) is 4.02. The second kappa shape index (κ2) is 7.98. The number of aliphatic hydroxyl groups is 1. The zero-order chi connectivity index (χ0) is 17.8. The number of rotatable bonds is 6. The van der Waals surface area contributed by atoms with E-state index in [0.717, 1.165) is 38.2 Å². The van der Waals surface area contributed by atoms with E-state index in [1.54, 1.807) is 0 Å². The van der Waals surface area contributed by atoms with E-state index in [2.05, 4.69) is 61.1 Å². The van der Waals surface area contributed by atoms with E-state index in [9.17, 15) is 0 Å². The maximum Gasteiger partial charge on any atom is 0.0644 e. The zero-order valence-corrected chi connectivity index (χ0v) is 15.6. The molecule has 0 radical (unpaired) electrons. The van der Waals surface area contributed by atoms with Gasteiger partial charge in [0.25, 0.3) is 0 Å². The van der Waals surface area contributed by atoms with Gasteiger partial charge in [-0.15, -0.1) is 0 Å². The standard InChI is InChI=1S/C21H29N3O/c1-4-18-5-7-19(8-6-18)20-9-11-23(12-10-20)15-21-16(2)22-24(13-14-25)17(21)3/h5-9,25H,4,10-15H2,1-3H3. The average molecular weight is 339 g/mol. The minimum Gasteiger partial charge on any atom is -0.394 e. The number of hydrogen-bond donors (Lipinski definition) is 1. The van der Waals surface area contributed by atoms with E-state index in [1.165, 1.54) is 28.0 Å². The molecule has 0 unspecified atom stereocenters. The summed E-state index contributed by atoms with van der Waals surface area (Å²) in [5, 5.41) is 13.7. The maximum absolute atomic E-state index is 9.16. The van der Waals surface area contributed by atoms with Crippen LogP contribution in [-0.4, -0.2) is 39.5 Å². The Morgan fingerprint density at radius 2 is 1.92 bits per heavy atom. The van der Waals surface area contributed by atoms with Crippen molar-refractivity contribution in [1.29, 1.82) is 0 Å². The SMILES string of the molecule is CCc1ccc(C2=CCN(Cc3c(C)nn(CCO)c3C)CC2)cc1. The van der Waals surface area contributed by atoms with Crippen LogP contribution in [0.4, 0.5) is 0 Å². The van der Waals surface area contributed by atoms with Crippen LogP contribution in [0.25, 0.3) is 5.57 Å². The van der Waals surface area contributed by atoms with Crippen molar-refractivity contribution in [2.75, 3.05) is 19.7 Å². The Labute approximate surface area is 150 Å². The molecule has 134 valence electrons. The highest BCUT2D eigenvalue weighted by molar-refractivity contribution is 5.66. The zero-order valence-electron chi connectivity index (χ0n) is 15.6. The molecule has 25 heavy (non-hydrogen) atoms. The number of hydrogen-bond acceptors (Lipinski definition) is 3. The highest BCUT2D eigenvalue weighted by Gasteiger charge is 2.18. The monoisotopic (exact) mass is 339 g/mol. The second-order valence-electron chi connectivity index (χ2n) is 6.86. The molecule has 0 bridgehead atoms. The summed E-state index contributed by atoms with van der Waals surface area (Å²) in [6.45, 7) is 10.1. The molecule has 1 aromatic heterocycles. The molecule has 2 aromatic rings. The fraction of sp³-hybridized carbons (Fsp3) is 0.476. The number of benzene rings is 1. The maximum atomic E-state index is 9.16. The van der Waals surface area contributed by atoms with E-state index in [4.69, 9.17) is 5.11 Å². The summed E-state index contributed by atoms with van der Waals surface area (Å²) < 4.78 is 1.92. The summed E-state index contributed by atoms with van der Waals surface area (Å²) in [6, 6.07) is 9.00. The number of aliphatic hydroxyl groups excluding tert-OH is 1. The first-order valence-electron chi connectivity index (χ1n) is 9.26. The summed E-state index contributed by atoms with van der Waals surface area (Å²) in [5.41, 5.74) is 7.78. The molecule has 0 aliphatic carbocycles. The Kier molecular flexibility index (Phi) is 5.71. The number of nitrogens with zero attached hydrogens (tertiary/aromatic N) is 3. The van der Waals surface area contributed by atoms with Crippen LogP contribution < -0.4 is 0 Å². The van der Waals surface area contributed by atoms with Crippen LogP contribution in [0.15, 0.2) is 30.3 Å². The molecule has 0 atom stereocenters. The van der Waals surface area contributed by atoms with Crippen molar-refractivity contribution in [3.05, 3.63) is 58.4 Å². The molecular formula is C21H29N3O. The van der Waals surface area contributed by atoms with Crippen molar-refractivity contribution in [3.8, 4) is 0 Å². The van der Waals surface area contributed by atoms with E-state index in [0.29, 0.717) is 6.54 Å². The Morgan fingerprint density at radius 1 is 1.16 bits per heavy atom. The minimum atomic E-state index is 0.133. The Bertz CT molecular complexity index is 743. The molecule has 1 aliphatic rings. The van der Waals surface area contributed by atoms with Gasteiger partial charge < -0.3 is 5.11 Å². The normalized spacial score (nSPS) is 15.4. The van der Waals surface area contributed by atoms with E-state index >= 15 is 0 Å². The van der Waals surface area contributed by atoms with Gasteiger partial charge in [-0.05, 0) is 43.4 Å². The molecular weight excluding hydrogens is 310 g/mol. The van der Waals surface area contributed by atoms with E-state index in [-0.39, 0.29) is 6.61 Å². The van der Waals surface area contributed by atoms with Gasteiger partial charge in [-0.25, -0.2) is 0 Å². The first-order chi connectivity index (χ1) is 12.1. The van der Waals surface area contributed by atoms with E-state index < -0.39 is 0 Å². The van der Waals surface area contributed by atoms with Crippen LogP contribution in [-0.2, 0) is 19.5 Å². The van der Waals surface area contributed by atoms with Gasteiger partial charge in [0.05, 0.1) is 18.8 Å². The van der Waals surface area contributed by atoms with Gasteiger partial charge in [0, 0.05) is 30.9 Å². The Hall–Kier alpha value is -1.91. The molecule has 4 nitrogen and oxygen atoms in total. The third-order valence-electron chi connectivity index (χ3n) is 5.25. The number of aromatic nitrogens is 2. The van der Waals surface area contributed by atoms with Gasteiger partial charge in [-0.3, -0.25) is 9.58 Å². The van der Waals surface area contributed by atoms with E-state index in [1.807, 2.05) is 4.68 Å². The van der Waals surface area contributed by atoms with Gasteiger partial charge in [0.1, 0.15) is 0 Å². The van der Waals surface area contributed by atoms with Crippen LogP contribution in [0.5, 0.6) is 0 Å². The van der Waals surface area contributed by atoms with Crippen molar-refractivity contribution in [1.82, 2.24) is 14.7 Å². The quantitative estimate of drug-likeness (QED) is 0.877. The highest BCUT2D eigenvalue weighted by Crippen LogP contribution is 2.25. The van der Waals surface area contributed by atoms with Gasteiger partial charge in [0.15, 0.2) is 0 Å². The Morgan fingerprint density at radius 3 is 2.52 bits per heavy atom. The molecule has 1 aliphatic heterocycles. The summed E-state index contributed by atoms with van der Waals surface area (Å²) in [6.07, 6.45) is 4.55. The molecule has 1 N–H and O–H groups in total. The second-order valence-corrected chi connectivity index (χ2v) is 6.86. The van der Waals surface area contributed by atoms with Crippen molar-refractivity contribution >= 4 is 5.57 Å². The minimum absolute atomic E-state index is 0.133. The largest absolute Gasteiger partial charge is 0.394 e. The highest BCUT2D eigenvalue weighted by atomic mass is 16.3. The van der Waals surface area contributed by atoms with Crippen LogP contribution in [0.3, 0.4) is 0 Å². The first-order valence-corrected chi connectivity index (χ1v) is 9.26. The lowest BCUT2D eigenvalue weighted by atomic mass is 9.97. The summed E-state index contributed by atoms with van der Waals surface area (Å²) >= 11 is 0. The third-order valence-corrected chi connectivity index (χ3v) is 5.25. The number of aryl methyl sites for hydroxylation is 2. The topological polar surface area (TPSA) is 41.3 Å². The molecule has 0 saturated carbocycles. The molecule has 1 aromatic carbocycles. The molecule has 0 saturated heterocycles. The first kappa shape index (κ1) is 17.9. The van der Waals surface area contributed by atoms with Gasteiger partial charge in [0.2, 0.25) is 0 Å². The van der Waals surface area contributed by atoms with Gasteiger partial charge in [-0.2, -0.15) is 5.10 Å². The lowest BCUT2D eigenvalue weighted by Gasteiger charge is -2.26. The lowest BCUT2D eigenvalue weighted by molar-refractivity contribution is 0.267. The average Bonchev–Trinajstić information content (AvgIpc) is 2.90. The lowest BCUT2D eigenvalue weighted by Crippen LogP contribution is -2.28. The van der Waals surface area contributed by atoms with Gasteiger partial charge in [-0.1, -0.05) is 37.3 Å². The molecule has 0 amide bonds. The van der Waals surface area contributed by atoms with Crippen LogP contribution in [0.1, 0.15) is 41.4 Å². The van der Waals surface area contributed by atoms with Crippen molar-refractivity contribution in [3.63, 3.8) is 0 Å². The van der Waals surface area contributed by atoms with Crippen LogP contribution in [0, 0.1) is 13.8 Å². The molecule has 0 fully saturated rings. The van der Waals surface area contributed by atoms with Crippen LogP contribution in [0.2, 0.25) is 0 Å². The molecule has 2 heterocycles. The van der Waals surface area contributed by atoms with Crippen molar-refractivity contribution in [2.45, 2.75) is 46.7 Å².